The first-order valence-electron chi connectivity index (χ1n) is 23.3. The van der Waals surface area contributed by atoms with Gasteiger partial charge in [0.1, 0.15) is 0 Å². The Balaban J connectivity index is 0.00000281. The van der Waals surface area contributed by atoms with Crippen molar-refractivity contribution in [3.8, 4) is 11.1 Å². The summed E-state index contributed by atoms with van der Waals surface area (Å²) in [6.45, 7) is 31.1. The Kier molecular flexibility index (Phi) is 12.7. The predicted octanol–water partition coefficient (Wildman–Crippen LogP) is 8.50. The van der Waals surface area contributed by atoms with Gasteiger partial charge in [-0.2, -0.15) is 0 Å². The number of allylic oxidation sites excluding steroid dienone is 4. The largest absolute Gasteiger partial charge is 1.00 e. The molecule has 1 unspecified atom stereocenters. The molecule has 0 nitrogen and oxygen atoms in total. The van der Waals surface area contributed by atoms with Crippen LogP contribution in [0.25, 0.3) is 11.1 Å². The van der Waals surface area contributed by atoms with E-state index in [0.717, 1.165) is 36.0 Å². The maximum absolute atomic E-state index is 3.04. The van der Waals surface area contributed by atoms with E-state index in [1.54, 1.807) is 20.9 Å². The van der Waals surface area contributed by atoms with Crippen LogP contribution in [0, 0.1) is 35.5 Å². The quantitative estimate of drug-likeness (QED) is 0.166. The van der Waals surface area contributed by atoms with Crippen molar-refractivity contribution in [3.63, 3.8) is 0 Å². The molecule has 0 radical (unpaired) electrons. The van der Waals surface area contributed by atoms with E-state index >= 15 is 0 Å². The van der Waals surface area contributed by atoms with Crippen LogP contribution in [0.1, 0.15) is 167 Å². The fourth-order valence-electron chi connectivity index (χ4n) is 12.3. The second kappa shape index (κ2) is 16.6. The molecule has 0 spiro atoms. The van der Waals surface area contributed by atoms with E-state index in [1.165, 1.54) is 82.2 Å². The first-order chi connectivity index (χ1) is 27.6. The van der Waals surface area contributed by atoms with Crippen LogP contribution >= 0.6 is 0 Å². The Morgan fingerprint density at radius 2 is 0.984 bits per heavy atom. The number of benzene rings is 4. The average Bonchev–Trinajstić information content (AvgIpc) is 3.71. The smallest absolute Gasteiger partial charge is 1.00 e. The number of rotatable bonds is 5. The molecule has 322 valence electrons. The van der Waals surface area contributed by atoms with Gasteiger partial charge >= 0.3 is 369 Å². The molecule has 4 aromatic rings. The van der Waals surface area contributed by atoms with Crippen LogP contribution in [-0.4, -0.2) is 3.21 Å². The van der Waals surface area contributed by atoms with Gasteiger partial charge in [-0.05, 0) is 0 Å². The molecule has 0 amide bonds. The van der Waals surface area contributed by atoms with E-state index < -0.39 is 21.3 Å². The molecule has 4 saturated carbocycles. The molecule has 0 aliphatic heterocycles. The van der Waals surface area contributed by atoms with Gasteiger partial charge in [0.2, 0.25) is 0 Å². The van der Waals surface area contributed by atoms with E-state index in [2.05, 4.69) is 181 Å². The van der Waals surface area contributed by atoms with Crippen LogP contribution in [0.15, 0.2) is 99.9 Å². The third kappa shape index (κ3) is 8.79. The third-order valence-electron chi connectivity index (χ3n) is 15.5. The SMILES string of the molecule is CC1C=C(C2C3CC4CC(C3)CC2C4)C=[C]1[Zr+2](=[C](c1ccc(C(C)(C)C)cc1)c1ccc(C(C)(C)C)cc1)[c]1cc(C(C)(C)C)cc2c1Cc1ccc(C(C)(C)C)cc1-2.[Cl-].[Cl-]. The summed E-state index contributed by atoms with van der Waals surface area (Å²) in [6, 6.07) is 32.7. The molecule has 4 fully saturated rings. The van der Waals surface area contributed by atoms with Crippen LogP contribution in [0.4, 0.5) is 0 Å². The van der Waals surface area contributed by atoms with Crippen molar-refractivity contribution in [1.29, 1.82) is 0 Å². The van der Waals surface area contributed by atoms with Crippen molar-refractivity contribution >= 4 is 6.48 Å². The monoisotopic (exact) mass is 928 g/mol. The van der Waals surface area contributed by atoms with Gasteiger partial charge in [-0.1, -0.05) is 0 Å². The number of fused-ring (bicyclic) bond motifs is 3. The van der Waals surface area contributed by atoms with E-state index in [0.29, 0.717) is 5.92 Å². The fraction of sp³-hybridized carbons (Fsp3) is 0.500. The molecule has 61 heavy (non-hydrogen) atoms. The maximum atomic E-state index is 2.87. The van der Waals surface area contributed by atoms with Crippen molar-refractivity contribution in [2.75, 3.05) is 0 Å². The van der Waals surface area contributed by atoms with Crippen molar-refractivity contribution in [3.05, 3.63) is 144 Å². The minimum absolute atomic E-state index is 0. The molecule has 4 aromatic carbocycles. The molecule has 0 N–H and O–H groups in total. The summed E-state index contributed by atoms with van der Waals surface area (Å²) in [6.07, 6.45) is 14.1. The van der Waals surface area contributed by atoms with Gasteiger partial charge in [0, 0.05) is 0 Å². The molecule has 1 atom stereocenters. The Morgan fingerprint density at radius 3 is 1.46 bits per heavy atom. The average molecular weight is 931 g/mol. The second-order valence-corrected chi connectivity index (χ2v) is 29.8. The maximum Gasteiger partial charge on any atom is -1.00 e. The minimum atomic E-state index is -3.04. The molecule has 10 rings (SSSR count). The second-order valence-electron chi connectivity index (χ2n) is 24.0. The zero-order chi connectivity index (χ0) is 42.0. The summed E-state index contributed by atoms with van der Waals surface area (Å²) in [7, 11) is 0. The fourth-order valence-corrected chi connectivity index (χ4v) is 20.8. The summed E-state index contributed by atoms with van der Waals surface area (Å²) in [4.78, 5) is 0. The topological polar surface area (TPSA) is 0 Å². The van der Waals surface area contributed by atoms with Crippen molar-refractivity contribution < 1.29 is 46.1 Å². The summed E-state index contributed by atoms with van der Waals surface area (Å²) >= 11 is -3.04. The number of hydrogen-bond donors (Lipinski definition) is 0. The summed E-state index contributed by atoms with van der Waals surface area (Å²) < 4.78 is 5.17. The molecule has 3 heteroatoms. The first kappa shape index (κ1) is 46.7. The molecular weight excluding hydrogens is 859 g/mol. The standard InChI is InChI=1S/C21H25.C21H26.C16H21.2ClH.Zr/c1-20(2,3)16-9-7-14-11-15-8-10-17(21(4,5)6)13-19(15)18(14)12-16;1-20(2,3)18-11-7-16(8-12-18)15-17-9-13-19(14-10-17)21(4,5)6;1-10-2-3-13(4-10)16-14-6-11-5-12(8-14)9-15(16)7-11;;;/h7,9-10,12-13H,11H2,1-6H3;7-14H,1-6H3;3-4,10-12,14-16H,5-9H2,1H3;2*1H;/q;;;;;+2/p-2. The zero-order valence-corrected chi connectivity index (χ0v) is 43.6. The van der Waals surface area contributed by atoms with Crippen LogP contribution in [0.3, 0.4) is 0 Å². The molecule has 0 heterocycles. The number of halogens is 2. The van der Waals surface area contributed by atoms with Gasteiger partial charge in [0.25, 0.3) is 0 Å². The number of hydrogen-bond acceptors (Lipinski definition) is 0. The first-order valence-corrected chi connectivity index (χ1v) is 27.0. The van der Waals surface area contributed by atoms with Crippen molar-refractivity contribution in [2.24, 2.45) is 35.5 Å². The summed E-state index contributed by atoms with van der Waals surface area (Å²) in [5.41, 5.74) is 16.8. The Labute approximate surface area is 390 Å². The van der Waals surface area contributed by atoms with E-state index in [-0.39, 0.29) is 46.5 Å². The molecule has 0 aromatic heterocycles. The molecule has 6 aliphatic rings. The molecular formula is C58H72Cl2Zr. The Hall–Kier alpha value is -2.31. The predicted molar refractivity (Wildman–Crippen MR) is 251 cm³/mol. The van der Waals surface area contributed by atoms with Gasteiger partial charge in [0.15, 0.2) is 0 Å². The van der Waals surface area contributed by atoms with Crippen LogP contribution in [0.5, 0.6) is 0 Å². The Bertz CT molecular complexity index is 2310. The molecule has 4 bridgehead atoms. The van der Waals surface area contributed by atoms with Crippen molar-refractivity contribution in [1.82, 2.24) is 0 Å². The van der Waals surface area contributed by atoms with Gasteiger partial charge in [-0.15, -0.1) is 0 Å². The van der Waals surface area contributed by atoms with Gasteiger partial charge in [-0.3, -0.25) is 0 Å². The van der Waals surface area contributed by atoms with Crippen molar-refractivity contribution in [2.45, 2.75) is 150 Å². The zero-order valence-electron chi connectivity index (χ0n) is 39.6. The van der Waals surface area contributed by atoms with Gasteiger partial charge in [0.05, 0.1) is 0 Å². The third-order valence-corrected chi connectivity index (χ3v) is 23.5. The Morgan fingerprint density at radius 1 is 0.525 bits per heavy atom. The summed E-state index contributed by atoms with van der Waals surface area (Å²) in [5, 5.41) is 0. The van der Waals surface area contributed by atoms with Gasteiger partial charge in [-0.25, -0.2) is 0 Å². The van der Waals surface area contributed by atoms with Crippen LogP contribution in [0.2, 0.25) is 0 Å². The van der Waals surface area contributed by atoms with Crippen LogP contribution in [-0.2, 0) is 49.3 Å². The van der Waals surface area contributed by atoms with E-state index in [9.17, 15) is 0 Å². The normalized spacial score (nSPS) is 23.9. The summed E-state index contributed by atoms with van der Waals surface area (Å²) in [5.74, 6) is 5.01. The molecule has 6 aliphatic carbocycles. The minimum Gasteiger partial charge on any atom is -1.00 e. The van der Waals surface area contributed by atoms with E-state index in [4.69, 9.17) is 0 Å². The van der Waals surface area contributed by atoms with Crippen LogP contribution < -0.4 is 28.1 Å². The van der Waals surface area contributed by atoms with E-state index in [1.807, 2.05) is 0 Å². The molecule has 0 saturated heterocycles. The van der Waals surface area contributed by atoms with Gasteiger partial charge < -0.3 is 24.8 Å².